The molecule has 1 atom stereocenters. The van der Waals surface area contributed by atoms with Crippen molar-refractivity contribution in [3.8, 4) is 0 Å². The van der Waals surface area contributed by atoms with Crippen molar-refractivity contribution in [1.82, 2.24) is 20.0 Å². The Balaban J connectivity index is 1.41. The Hall–Kier alpha value is -1.18. The van der Waals surface area contributed by atoms with Gasteiger partial charge < -0.3 is 19.9 Å². The van der Waals surface area contributed by atoms with Gasteiger partial charge in [-0.25, -0.2) is 0 Å². The number of piperidine rings is 1. The Bertz CT molecular complexity index is 412. The molecule has 7 heteroatoms. The van der Waals surface area contributed by atoms with Crippen LogP contribution in [0.3, 0.4) is 0 Å². The number of carbonyl (C=O) groups is 2. The molecule has 3 rings (SSSR count). The third-order valence-corrected chi connectivity index (χ3v) is 5.05. The first-order chi connectivity index (χ1) is 11.2. The number of morpholine rings is 1. The number of nitrogens with one attached hydrogen (secondary N) is 1. The van der Waals surface area contributed by atoms with Crippen molar-refractivity contribution in [2.45, 2.75) is 12.8 Å². The van der Waals surface area contributed by atoms with Crippen LogP contribution in [0.25, 0.3) is 0 Å². The van der Waals surface area contributed by atoms with E-state index in [4.69, 9.17) is 4.74 Å². The fraction of sp³-hybridized carbons (Fsp3) is 0.875. The van der Waals surface area contributed by atoms with Crippen LogP contribution in [-0.2, 0) is 14.3 Å². The van der Waals surface area contributed by atoms with Gasteiger partial charge in [0.1, 0.15) is 0 Å². The van der Waals surface area contributed by atoms with Crippen LogP contribution in [0.15, 0.2) is 0 Å². The van der Waals surface area contributed by atoms with E-state index in [-0.39, 0.29) is 17.7 Å². The number of amides is 2. The molecule has 0 aromatic heterocycles. The first kappa shape index (κ1) is 16.7. The second kappa shape index (κ2) is 8.08. The van der Waals surface area contributed by atoms with Crippen LogP contribution in [0.4, 0.5) is 0 Å². The van der Waals surface area contributed by atoms with Crippen LogP contribution < -0.4 is 5.32 Å². The predicted octanol–water partition coefficient (Wildman–Crippen LogP) is -1.01. The van der Waals surface area contributed by atoms with E-state index >= 15 is 0 Å². The molecule has 7 nitrogen and oxygen atoms in total. The van der Waals surface area contributed by atoms with Crippen LogP contribution in [-0.4, -0.2) is 98.6 Å². The third-order valence-electron chi connectivity index (χ3n) is 5.05. The minimum absolute atomic E-state index is 0.144. The average molecular weight is 324 g/mol. The number of rotatable bonds is 3. The summed E-state index contributed by atoms with van der Waals surface area (Å²) in [6.45, 7) is 8.06. The van der Waals surface area contributed by atoms with Crippen LogP contribution in [0.1, 0.15) is 12.8 Å². The summed E-state index contributed by atoms with van der Waals surface area (Å²) < 4.78 is 5.28. The topological polar surface area (TPSA) is 65.1 Å². The Morgan fingerprint density at radius 1 is 1.00 bits per heavy atom. The highest BCUT2D eigenvalue weighted by Crippen LogP contribution is 2.15. The lowest BCUT2D eigenvalue weighted by Crippen LogP contribution is -2.54. The van der Waals surface area contributed by atoms with E-state index in [9.17, 15) is 9.59 Å². The van der Waals surface area contributed by atoms with Gasteiger partial charge in [0, 0.05) is 45.8 Å². The molecule has 1 unspecified atom stereocenters. The zero-order chi connectivity index (χ0) is 16.1. The average Bonchev–Trinajstić information content (AvgIpc) is 2.63. The lowest BCUT2D eigenvalue weighted by molar-refractivity contribution is -0.139. The van der Waals surface area contributed by atoms with Gasteiger partial charge in [-0.3, -0.25) is 14.5 Å². The number of carbonyl (C=O) groups excluding carboxylic acids is 2. The lowest BCUT2D eigenvalue weighted by atomic mass is 9.98. The molecule has 3 aliphatic heterocycles. The molecule has 130 valence electrons. The van der Waals surface area contributed by atoms with E-state index in [1.165, 1.54) is 0 Å². The highest BCUT2D eigenvalue weighted by molar-refractivity contribution is 5.80. The molecule has 3 heterocycles. The monoisotopic (exact) mass is 324 g/mol. The fourth-order valence-corrected chi connectivity index (χ4v) is 3.55. The van der Waals surface area contributed by atoms with Gasteiger partial charge in [-0.1, -0.05) is 0 Å². The maximum Gasteiger partial charge on any atom is 0.236 e. The van der Waals surface area contributed by atoms with E-state index in [0.29, 0.717) is 32.8 Å². The van der Waals surface area contributed by atoms with E-state index in [1.54, 1.807) is 0 Å². The van der Waals surface area contributed by atoms with Gasteiger partial charge in [0.25, 0.3) is 0 Å². The van der Waals surface area contributed by atoms with Gasteiger partial charge in [0.05, 0.1) is 25.7 Å². The van der Waals surface area contributed by atoms with E-state index in [1.807, 2.05) is 9.80 Å². The van der Waals surface area contributed by atoms with E-state index < -0.39 is 0 Å². The molecule has 3 fully saturated rings. The molecule has 0 aliphatic carbocycles. The smallest absolute Gasteiger partial charge is 0.236 e. The minimum atomic E-state index is 0.144. The maximum absolute atomic E-state index is 12.5. The molecule has 1 N–H and O–H groups in total. The van der Waals surface area contributed by atoms with Gasteiger partial charge in [-0.05, 0) is 19.4 Å². The molecule has 0 spiro atoms. The van der Waals surface area contributed by atoms with Crippen LogP contribution >= 0.6 is 0 Å². The molecule has 0 aromatic rings. The van der Waals surface area contributed by atoms with Crippen molar-refractivity contribution < 1.29 is 14.3 Å². The summed E-state index contributed by atoms with van der Waals surface area (Å²) in [5, 5.41) is 3.31. The minimum Gasteiger partial charge on any atom is -0.378 e. The number of ether oxygens (including phenoxy) is 1. The van der Waals surface area contributed by atoms with Gasteiger partial charge >= 0.3 is 0 Å². The largest absolute Gasteiger partial charge is 0.378 e. The first-order valence-corrected chi connectivity index (χ1v) is 8.81. The number of nitrogens with zero attached hydrogens (tertiary/aromatic N) is 3. The Kier molecular flexibility index (Phi) is 5.85. The van der Waals surface area contributed by atoms with Crippen molar-refractivity contribution in [2.75, 3.05) is 72.1 Å². The lowest BCUT2D eigenvalue weighted by Gasteiger charge is -2.38. The standard InChI is InChI=1S/C16H28N4O3/c21-15(19-8-10-23-11-9-19)13-18-4-6-20(7-5-18)16(22)14-2-1-3-17-12-14/h14,17H,1-13H2. The highest BCUT2D eigenvalue weighted by Gasteiger charge is 2.29. The number of hydrogen-bond donors (Lipinski definition) is 1. The Morgan fingerprint density at radius 3 is 2.39 bits per heavy atom. The summed E-state index contributed by atoms with van der Waals surface area (Å²) in [5.74, 6) is 0.617. The molecule has 0 bridgehead atoms. The van der Waals surface area contributed by atoms with E-state index in [2.05, 4.69) is 10.2 Å². The zero-order valence-electron chi connectivity index (χ0n) is 13.8. The van der Waals surface area contributed by atoms with Gasteiger partial charge in [0.15, 0.2) is 0 Å². The maximum atomic E-state index is 12.5. The summed E-state index contributed by atoms with van der Waals surface area (Å²) >= 11 is 0. The zero-order valence-corrected chi connectivity index (χ0v) is 13.8. The van der Waals surface area contributed by atoms with Gasteiger partial charge in [0.2, 0.25) is 11.8 Å². The quantitative estimate of drug-likeness (QED) is 0.721. The second-order valence-electron chi connectivity index (χ2n) is 6.64. The van der Waals surface area contributed by atoms with Crippen molar-refractivity contribution >= 4 is 11.8 Å². The summed E-state index contributed by atoms with van der Waals surface area (Å²) in [6.07, 6.45) is 2.09. The summed E-state index contributed by atoms with van der Waals surface area (Å²) in [4.78, 5) is 30.8. The van der Waals surface area contributed by atoms with Crippen molar-refractivity contribution in [2.24, 2.45) is 5.92 Å². The third kappa shape index (κ3) is 4.43. The molecule has 0 aromatic carbocycles. The SMILES string of the molecule is O=C(CN1CCN(C(=O)C2CCCNC2)CC1)N1CCOCC1. The Labute approximate surface area is 137 Å². The summed E-state index contributed by atoms with van der Waals surface area (Å²) in [7, 11) is 0. The molecule has 0 radical (unpaired) electrons. The molecule has 2 amide bonds. The summed E-state index contributed by atoms with van der Waals surface area (Å²) in [5.41, 5.74) is 0. The van der Waals surface area contributed by atoms with Gasteiger partial charge in [-0.15, -0.1) is 0 Å². The van der Waals surface area contributed by atoms with Crippen molar-refractivity contribution in [1.29, 1.82) is 0 Å². The van der Waals surface area contributed by atoms with Crippen LogP contribution in [0.5, 0.6) is 0 Å². The van der Waals surface area contributed by atoms with Crippen molar-refractivity contribution in [3.63, 3.8) is 0 Å². The molecule has 3 saturated heterocycles. The molecule has 3 aliphatic rings. The number of hydrogen-bond acceptors (Lipinski definition) is 5. The molecular weight excluding hydrogens is 296 g/mol. The van der Waals surface area contributed by atoms with Crippen molar-refractivity contribution in [3.05, 3.63) is 0 Å². The second-order valence-corrected chi connectivity index (χ2v) is 6.64. The normalized spacial score (nSPS) is 27.0. The molecule has 0 saturated carbocycles. The number of piperazine rings is 1. The molecular formula is C16H28N4O3. The predicted molar refractivity (Wildman–Crippen MR) is 86.0 cm³/mol. The first-order valence-electron chi connectivity index (χ1n) is 8.81. The highest BCUT2D eigenvalue weighted by atomic mass is 16.5. The van der Waals surface area contributed by atoms with Gasteiger partial charge in [-0.2, -0.15) is 0 Å². The Morgan fingerprint density at radius 2 is 1.74 bits per heavy atom. The molecule has 23 heavy (non-hydrogen) atoms. The fourth-order valence-electron chi connectivity index (χ4n) is 3.55. The summed E-state index contributed by atoms with van der Waals surface area (Å²) in [6, 6.07) is 0. The van der Waals surface area contributed by atoms with E-state index in [0.717, 1.165) is 52.1 Å². The van der Waals surface area contributed by atoms with Crippen LogP contribution in [0, 0.1) is 5.92 Å². The van der Waals surface area contributed by atoms with Crippen LogP contribution in [0.2, 0.25) is 0 Å².